The van der Waals surface area contributed by atoms with Gasteiger partial charge in [0, 0.05) is 32.5 Å². The summed E-state index contributed by atoms with van der Waals surface area (Å²) in [7, 11) is 4.81. The zero-order chi connectivity index (χ0) is 26.5. The van der Waals surface area contributed by atoms with Crippen LogP contribution in [0.3, 0.4) is 0 Å². The number of likely N-dealkylation sites (tertiary alicyclic amines) is 1. The molecule has 1 saturated heterocycles. The van der Waals surface area contributed by atoms with E-state index in [4.69, 9.17) is 4.74 Å². The summed E-state index contributed by atoms with van der Waals surface area (Å²) in [6.45, 7) is 0.913. The fourth-order valence-electron chi connectivity index (χ4n) is 4.00. The Labute approximate surface area is 216 Å². The Morgan fingerprint density at radius 1 is 1.32 bits per heavy atom. The summed E-state index contributed by atoms with van der Waals surface area (Å²) in [5, 5.41) is 8.87. The van der Waals surface area contributed by atoms with Crippen molar-refractivity contribution in [2.45, 2.75) is 23.0 Å². The number of hydrogen-bond donors (Lipinski definition) is 3. The molecule has 0 saturated carbocycles. The average molecular weight is 534 g/mol. The van der Waals surface area contributed by atoms with E-state index in [0.29, 0.717) is 53.3 Å². The largest absolute Gasteiger partial charge is 0.493 e. The van der Waals surface area contributed by atoms with Crippen molar-refractivity contribution in [3.05, 3.63) is 41.9 Å². The van der Waals surface area contributed by atoms with Gasteiger partial charge in [-0.1, -0.05) is 11.8 Å². The van der Waals surface area contributed by atoms with Crippen LogP contribution < -0.4 is 20.7 Å². The predicted octanol–water partition coefficient (Wildman–Crippen LogP) is 2.94. The molecule has 4 rings (SSSR count). The topological polar surface area (TPSA) is 95.8 Å². The molecule has 1 aliphatic heterocycles. The van der Waals surface area contributed by atoms with Crippen molar-refractivity contribution >= 4 is 34.8 Å². The number of anilines is 2. The smallest absolute Gasteiger partial charge is 0.290 e. The highest BCUT2D eigenvalue weighted by atomic mass is 32.2. The van der Waals surface area contributed by atoms with Gasteiger partial charge >= 0.3 is 0 Å². The number of nitrogens with one attached hydrogen (secondary N) is 3. The number of pyridine rings is 1. The Morgan fingerprint density at radius 3 is 2.81 bits per heavy atom. The zero-order valence-corrected chi connectivity index (χ0v) is 21.2. The van der Waals surface area contributed by atoms with Gasteiger partial charge in [-0.2, -0.15) is 8.78 Å². The van der Waals surface area contributed by atoms with Crippen LogP contribution in [0, 0.1) is 11.8 Å². The lowest BCUT2D eigenvalue weighted by atomic mass is 10.2. The number of fused-ring (bicyclic) bond motifs is 1. The summed E-state index contributed by atoms with van der Waals surface area (Å²) in [6, 6.07) is 4.33. The van der Waals surface area contributed by atoms with Gasteiger partial charge < -0.3 is 30.0 Å². The number of nitrogens with zero attached hydrogens (tertiary/aromatic N) is 4. The van der Waals surface area contributed by atoms with Crippen LogP contribution in [0.15, 0.2) is 35.6 Å². The van der Waals surface area contributed by atoms with Crippen molar-refractivity contribution in [1.29, 1.82) is 0 Å². The Hall–Kier alpha value is -3.63. The number of hydrogen-bond acceptors (Lipinski definition) is 8. The van der Waals surface area contributed by atoms with E-state index in [9.17, 15) is 18.0 Å². The fraction of sp³-hybridized carbons (Fsp3) is 0.375. The van der Waals surface area contributed by atoms with Crippen LogP contribution in [0.5, 0.6) is 5.75 Å². The molecule has 0 bridgehead atoms. The van der Waals surface area contributed by atoms with Crippen LogP contribution in [-0.2, 0) is 0 Å². The number of methoxy groups -OCH3 is 1. The summed E-state index contributed by atoms with van der Waals surface area (Å²) in [5.74, 6) is 3.95. The second-order valence-electron chi connectivity index (χ2n) is 8.24. The summed E-state index contributed by atoms with van der Waals surface area (Å²) in [6.07, 6.45) is 1.98. The molecule has 0 spiro atoms. The van der Waals surface area contributed by atoms with Crippen LogP contribution in [0.4, 0.5) is 24.8 Å². The molecule has 1 fully saturated rings. The third-order valence-corrected chi connectivity index (χ3v) is 6.53. The van der Waals surface area contributed by atoms with Gasteiger partial charge in [-0.3, -0.25) is 4.79 Å². The third kappa shape index (κ3) is 6.03. The zero-order valence-electron chi connectivity index (χ0n) is 20.4. The molecule has 9 nitrogen and oxygen atoms in total. The van der Waals surface area contributed by atoms with Crippen molar-refractivity contribution in [3.63, 3.8) is 0 Å². The van der Waals surface area contributed by atoms with Crippen LogP contribution in [0.25, 0.3) is 5.52 Å². The molecular weight excluding hydrogens is 507 g/mol. The van der Waals surface area contributed by atoms with Gasteiger partial charge in [-0.05, 0) is 37.0 Å². The second-order valence-corrected chi connectivity index (χ2v) is 9.22. The number of thioether (sulfide) groups is 1. The van der Waals surface area contributed by atoms with Gasteiger partial charge in [-0.15, -0.1) is 0 Å². The van der Waals surface area contributed by atoms with Crippen molar-refractivity contribution in [2.75, 3.05) is 51.5 Å². The molecule has 0 unspecified atom stereocenters. The summed E-state index contributed by atoms with van der Waals surface area (Å²) < 4.78 is 48.0. The number of alkyl halides is 3. The predicted molar refractivity (Wildman–Crippen MR) is 136 cm³/mol. The maximum Gasteiger partial charge on any atom is 0.290 e. The lowest BCUT2D eigenvalue weighted by molar-refractivity contribution is 0.0958. The van der Waals surface area contributed by atoms with Gasteiger partial charge in [0.15, 0.2) is 17.4 Å². The molecule has 37 heavy (non-hydrogen) atoms. The normalized spacial score (nSPS) is 17.5. The number of aromatic nitrogens is 3. The summed E-state index contributed by atoms with van der Waals surface area (Å²) >= 11 is 0.374. The number of carbonyl (C=O) groups is 1. The first-order valence-electron chi connectivity index (χ1n) is 11.3. The Kier molecular flexibility index (Phi) is 8.30. The van der Waals surface area contributed by atoms with E-state index in [0.717, 1.165) is 0 Å². The monoisotopic (exact) mass is 533 g/mol. The minimum absolute atomic E-state index is 0.104. The Balaban J connectivity index is 1.59. The number of amides is 1. The van der Waals surface area contributed by atoms with Gasteiger partial charge in [0.2, 0.25) is 0 Å². The first kappa shape index (κ1) is 26.4. The van der Waals surface area contributed by atoms with Crippen LogP contribution >= 0.6 is 11.8 Å². The molecule has 0 radical (unpaired) electrons. The standard InChI is InChI=1S/C24H26F3N7O2S/c1-28-22(35)16-6-7-19(36-3)21(31-16)29-8-4-5-14-11-18-20(32-17-13-33(2)12-15(17)25)30-9-10-34(18)23(14)37-24(26)27/h6-7,9-11,15,17,24H,8,12-13H2,1-3H3,(H,28,35)(H,29,31)(H,30,32)/t15-,17+/m0/s1. The lowest BCUT2D eigenvalue weighted by Crippen LogP contribution is -2.30. The van der Waals surface area contributed by atoms with Crippen LogP contribution in [0.1, 0.15) is 16.1 Å². The molecule has 3 aromatic heterocycles. The first-order valence-corrected chi connectivity index (χ1v) is 12.2. The van der Waals surface area contributed by atoms with E-state index in [1.807, 2.05) is 11.9 Å². The number of carbonyl (C=O) groups excluding carboxylic acids is 1. The minimum atomic E-state index is -2.67. The highest BCUT2D eigenvalue weighted by Gasteiger charge is 2.31. The van der Waals surface area contributed by atoms with E-state index in [1.165, 1.54) is 26.4 Å². The van der Waals surface area contributed by atoms with Gasteiger partial charge in [0.1, 0.15) is 16.9 Å². The first-order chi connectivity index (χ1) is 17.8. The molecule has 2 atom stereocenters. The number of ether oxygens (including phenoxy) is 1. The van der Waals surface area contributed by atoms with E-state index >= 15 is 0 Å². The number of likely N-dealkylation sites (N-methyl/N-ethyl adjacent to an activating group) is 1. The lowest BCUT2D eigenvalue weighted by Gasteiger charge is -2.16. The maximum absolute atomic E-state index is 14.4. The van der Waals surface area contributed by atoms with Crippen molar-refractivity contribution < 1.29 is 22.7 Å². The summed E-state index contributed by atoms with van der Waals surface area (Å²) in [4.78, 5) is 22.3. The molecule has 1 amide bonds. The molecule has 1 aliphatic rings. The van der Waals surface area contributed by atoms with Crippen molar-refractivity contribution in [3.8, 4) is 17.6 Å². The molecule has 3 aromatic rings. The van der Waals surface area contributed by atoms with Gasteiger partial charge in [-0.25, -0.2) is 14.4 Å². The van der Waals surface area contributed by atoms with E-state index in [1.54, 1.807) is 22.7 Å². The number of rotatable bonds is 8. The van der Waals surface area contributed by atoms with E-state index in [-0.39, 0.29) is 23.2 Å². The molecule has 4 heterocycles. The quantitative estimate of drug-likeness (QED) is 0.301. The maximum atomic E-state index is 14.4. The molecule has 196 valence electrons. The van der Waals surface area contributed by atoms with Crippen molar-refractivity contribution in [2.24, 2.45) is 0 Å². The second kappa shape index (κ2) is 11.6. The molecule has 13 heteroatoms. The van der Waals surface area contributed by atoms with E-state index in [2.05, 4.69) is 37.8 Å². The highest BCUT2D eigenvalue weighted by molar-refractivity contribution is 7.99. The molecular formula is C24H26F3N7O2S. The van der Waals surface area contributed by atoms with Gasteiger partial charge in [0.05, 0.1) is 30.8 Å². The Bertz CT molecular complexity index is 1340. The van der Waals surface area contributed by atoms with Crippen LogP contribution in [0.2, 0.25) is 0 Å². The highest BCUT2D eigenvalue weighted by Crippen LogP contribution is 2.33. The van der Waals surface area contributed by atoms with Crippen LogP contribution in [-0.4, -0.2) is 84.0 Å². The molecule has 3 N–H and O–H groups in total. The van der Waals surface area contributed by atoms with Gasteiger partial charge in [0.25, 0.3) is 11.7 Å². The number of halogens is 3. The SMILES string of the molecule is CNC(=O)c1ccc(OC)c(NCC#Cc2cc3c(N[C@@H]4CN(C)C[C@@H]4F)nccn3c2SC(F)F)n1. The van der Waals surface area contributed by atoms with Crippen molar-refractivity contribution in [1.82, 2.24) is 24.6 Å². The summed E-state index contributed by atoms with van der Waals surface area (Å²) in [5.41, 5.74) is 1.10. The molecule has 0 aromatic carbocycles. The molecule has 0 aliphatic carbocycles. The third-order valence-electron chi connectivity index (χ3n) is 5.71. The Morgan fingerprint density at radius 2 is 2.14 bits per heavy atom. The average Bonchev–Trinajstić information content (AvgIpc) is 3.39. The fourth-order valence-corrected chi connectivity index (χ4v) is 4.68. The minimum Gasteiger partial charge on any atom is -0.493 e. The van der Waals surface area contributed by atoms with E-state index < -0.39 is 18.0 Å².